The summed E-state index contributed by atoms with van der Waals surface area (Å²) in [5.74, 6) is 2.15. The van der Waals surface area contributed by atoms with Crippen molar-refractivity contribution in [3.05, 3.63) is 18.2 Å². The van der Waals surface area contributed by atoms with E-state index in [0.29, 0.717) is 0 Å². The van der Waals surface area contributed by atoms with Gasteiger partial charge in [-0.05, 0) is 12.8 Å². The van der Waals surface area contributed by atoms with Crippen molar-refractivity contribution in [2.45, 2.75) is 122 Å². The number of unbranched alkanes of at least 4 members (excludes halogenated alkanes) is 12. The Labute approximate surface area is 157 Å². The second-order valence-electron chi connectivity index (χ2n) is 7.97. The monoisotopic (exact) mass is 349 g/mol. The number of H-pyrrole nitrogens is 1. The first-order valence-electron chi connectivity index (χ1n) is 11.3. The fraction of sp³-hybridized carbons (Fsp3) is 0.870. The van der Waals surface area contributed by atoms with Crippen LogP contribution < -0.4 is 4.57 Å². The molecule has 1 heterocycles. The van der Waals surface area contributed by atoms with Crippen molar-refractivity contribution in [3.8, 4) is 0 Å². The maximum absolute atomic E-state index is 3.47. The molecule has 0 saturated heterocycles. The molecule has 0 aromatic carbocycles. The standard InChI is InChI=1S/C23H44N2/c1-4-6-8-9-10-11-12-13-14-15-16-17-19-22(18-7-5-2)23-24-20-21-25(23)3/h20-22H,4-19H2,1-3H3/p+1/t22-/m0/s1. The molecule has 0 bridgehead atoms. The van der Waals surface area contributed by atoms with E-state index in [9.17, 15) is 0 Å². The Morgan fingerprint density at radius 2 is 1.20 bits per heavy atom. The number of hydrogen-bond donors (Lipinski definition) is 1. The van der Waals surface area contributed by atoms with Crippen molar-refractivity contribution in [3.63, 3.8) is 0 Å². The van der Waals surface area contributed by atoms with Gasteiger partial charge in [-0.2, -0.15) is 0 Å². The molecule has 2 heteroatoms. The van der Waals surface area contributed by atoms with Crippen LogP contribution in [0.15, 0.2) is 12.4 Å². The summed E-state index contributed by atoms with van der Waals surface area (Å²) in [6.45, 7) is 4.60. The maximum atomic E-state index is 3.47. The molecule has 0 amide bonds. The van der Waals surface area contributed by atoms with Crippen molar-refractivity contribution >= 4 is 0 Å². The lowest BCUT2D eigenvalue weighted by atomic mass is 9.94. The molecule has 1 N–H and O–H groups in total. The molecule has 0 fully saturated rings. The van der Waals surface area contributed by atoms with Gasteiger partial charge in [0.25, 0.3) is 5.82 Å². The fourth-order valence-electron chi connectivity index (χ4n) is 3.92. The molecular formula is C23H45N2+. The Morgan fingerprint density at radius 3 is 1.68 bits per heavy atom. The molecule has 0 unspecified atom stereocenters. The molecule has 0 radical (unpaired) electrons. The predicted octanol–water partition coefficient (Wildman–Crippen LogP) is 7.20. The number of imidazole rings is 1. The number of aromatic amines is 1. The summed E-state index contributed by atoms with van der Waals surface area (Å²) in [4.78, 5) is 3.47. The molecule has 25 heavy (non-hydrogen) atoms. The summed E-state index contributed by atoms with van der Waals surface area (Å²) in [7, 11) is 2.17. The van der Waals surface area contributed by atoms with Gasteiger partial charge in [-0.15, -0.1) is 0 Å². The number of nitrogens with one attached hydrogen (secondary N) is 1. The summed E-state index contributed by atoms with van der Waals surface area (Å²) >= 11 is 0. The van der Waals surface area contributed by atoms with E-state index in [2.05, 4.69) is 42.8 Å². The minimum atomic E-state index is 0.725. The molecule has 1 aromatic heterocycles. The molecule has 0 aliphatic heterocycles. The van der Waals surface area contributed by atoms with Crippen molar-refractivity contribution < 1.29 is 4.57 Å². The van der Waals surface area contributed by atoms with E-state index in [-0.39, 0.29) is 0 Å². The maximum Gasteiger partial charge on any atom is 0.257 e. The van der Waals surface area contributed by atoms with Crippen molar-refractivity contribution in [1.29, 1.82) is 0 Å². The van der Waals surface area contributed by atoms with Crippen LogP contribution in [0.2, 0.25) is 0 Å². The van der Waals surface area contributed by atoms with Gasteiger partial charge >= 0.3 is 0 Å². The van der Waals surface area contributed by atoms with E-state index < -0.39 is 0 Å². The van der Waals surface area contributed by atoms with Gasteiger partial charge in [0.05, 0.1) is 13.0 Å². The molecule has 146 valence electrons. The number of rotatable bonds is 17. The zero-order valence-corrected chi connectivity index (χ0v) is 17.5. The lowest BCUT2D eigenvalue weighted by Gasteiger charge is -2.12. The van der Waals surface area contributed by atoms with Crippen LogP contribution in [0.3, 0.4) is 0 Å². The zero-order valence-electron chi connectivity index (χ0n) is 17.5. The molecule has 2 nitrogen and oxygen atoms in total. The van der Waals surface area contributed by atoms with E-state index in [1.54, 1.807) is 0 Å². The van der Waals surface area contributed by atoms with Crippen molar-refractivity contribution in [2.24, 2.45) is 7.05 Å². The van der Waals surface area contributed by atoms with Gasteiger partial charge in [-0.3, -0.25) is 0 Å². The van der Waals surface area contributed by atoms with Crippen molar-refractivity contribution in [2.75, 3.05) is 0 Å². The van der Waals surface area contributed by atoms with E-state index in [0.717, 1.165) is 5.92 Å². The second-order valence-corrected chi connectivity index (χ2v) is 7.97. The van der Waals surface area contributed by atoms with Gasteiger partial charge in [0, 0.05) is 0 Å². The van der Waals surface area contributed by atoms with Crippen LogP contribution in [0.25, 0.3) is 0 Å². The summed E-state index contributed by atoms with van der Waals surface area (Å²) in [5, 5.41) is 0. The van der Waals surface area contributed by atoms with Crippen LogP contribution in [-0.4, -0.2) is 4.98 Å². The fourth-order valence-corrected chi connectivity index (χ4v) is 3.92. The average molecular weight is 350 g/mol. The Hall–Kier alpha value is -0.790. The summed E-state index contributed by atoms with van der Waals surface area (Å²) < 4.78 is 2.28. The highest BCUT2D eigenvalue weighted by atomic mass is 15.0. The molecule has 0 aliphatic carbocycles. The second kappa shape index (κ2) is 15.5. The van der Waals surface area contributed by atoms with Gasteiger partial charge in [0.1, 0.15) is 12.4 Å². The van der Waals surface area contributed by atoms with Gasteiger partial charge in [0.15, 0.2) is 0 Å². The van der Waals surface area contributed by atoms with Crippen LogP contribution in [0.4, 0.5) is 0 Å². The SMILES string of the molecule is CCCCCCCCCCCCCC[C@H](CCCC)c1[nH]cc[n+]1C. The third kappa shape index (κ3) is 10.7. The van der Waals surface area contributed by atoms with E-state index in [1.165, 1.54) is 109 Å². The number of nitrogens with zero attached hydrogens (tertiary/aromatic N) is 1. The van der Waals surface area contributed by atoms with Gasteiger partial charge in [-0.25, -0.2) is 9.55 Å². The van der Waals surface area contributed by atoms with Crippen LogP contribution in [0, 0.1) is 0 Å². The molecule has 0 spiro atoms. The van der Waals surface area contributed by atoms with E-state index >= 15 is 0 Å². The highest BCUT2D eigenvalue weighted by Crippen LogP contribution is 2.25. The van der Waals surface area contributed by atoms with Gasteiger partial charge in [0.2, 0.25) is 0 Å². The first-order valence-corrected chi connectivity index (χ1v) is 11.3. The van der Waals surface area contributed by atoms with Gasteiger partial charge < -0.3 is 0 Å². The Bertz CT molecular complexity index is 397. The number of aromatic nitrogens is 2. The first-order chi connectivity index (χ1) is 12.3. The smallest absolute Gasteiger partial charge is 0.247 e. The first kappa shape index (κ1) is 22.3. The van der Waals surface area contributed by atoms with Crippen LogP contribution in [0.5, 0.6) is 0 Å². The van der Waals surface area contributed by atoms with Crippen molar-refractivity contribution in [1.82, 2.24) is 4.98 Å². The Kier molecular flexibility index (Phi) is 13.8. The van der Waals surface area contributed by atoms with Crippen LogP contribution in [0.1, 0.15) is 128 Å². The third-order valence-electron chi connectivity index (χ3n) is 5.61. The average Bonchev–Trinajstić information content (AvgIpc) is 3.04. The lowest BCUT2D eigenvalue weighted by Crippen LogP contribution is -2.32. The summed E-state index contributed by atoms with van der Waals surface area (Å²) in [6, 6.07) is 0. The molecular weight excluding hydrogens is 304 g/mol. The summed E-state index contributed by atoms with van der Waals surface area (Å²) in [6.07, 6.45) is 26.8. The topological polar surface area (TPSA) is 19.7 Å². The largest absolute Gasteiger partial charge is 0.257 e. The van der Waals surface area contributed by atoms with E-state index in [4.69, 9.17) is 0 Å². The summed E-state index contributed by atoms with van der Waals surface area (Å²) in [5.41, 5.74) is 0. The molecule has 1 atom stereocenters. The Morgan fingerprint density at radius 1 is 0.720 bits per heavy atom. The number of aryl methyl sites for hydroxylation is 1. The molecule has 0 aliphatic rings. The van der Waals surface area contributed by atoms with Crippen LogP contribution in [-0.2, 0) is 7.05 Å². The lowest BCUT2D eigenvalue weighted by molar-refractivity contribution is -0.679. The molecule has 0 saturated carbocycles. The third-order valence-corrected chi connectivity index (χ3v) is 5.61. The van der Waals surface area contributed by atoms with Gasteiger partial charge in [-0.1, -0.05) is 104 Å². The predicted molar refractivity (Wildman–Crippen MR) is 110 cm³/mol. The normalized spacial score (nSPS) is 12.6. The van der Waals surface area contributed by atoms with E-state index in [1.807, 2.05) is 0 Å². The van der Waals surface area contributed by atoms with Crippen LogP contribution >= 0.6 is 0 Å². The zero-order chi connectivity index (χ0) is 18.2. The minimum Gasteiger partial charge on any atom is -0.247 e. The number of hydrogen-bond acceptors (Lipinski definition) is 0. The molecule has 1 rings (SSSR count). The molecule has 1 aromatic rings. The highest BCUT2D eigenvalue weighted by Gasteiger charge is 2.20. The minimum absolute atomic E-state index is 0.725. The Balaban J connectivity index is 2.02. The highest BCUT2D eigenvalue weighted by molar-refractivity contribution is 4.89. The quantitative estimate of drug-likeness (QED) is 0.226.